The summed E-state index contributed by atoms with van der Waals surface area (Å²) in [7, 11) is 0. The second-order valence-corrected chi connectivity index (χ2v) is 4.95. The lowest BCUT2D eigenvalue weighted by atomic mass is 9.91. The number of hydrogen-bond donors (Lipinski definition) is 3. The van der Waals surface area contributed by atoms with Crippen LogP contribution < -0.4 is 11.1 Å². The van der Waals surface area contributed by atoms with Crippen LogP contribution in [-0.4, -0.2) is 17.1 Å². The molecule has 2 unspecified atom stereocenters. The Morgan fingerprint density at radius 1 is 1.18 bits per heavy atom. The topological polar surface area (TPSA) is 53.8 Å². The minimum absolute atomic E-state index is 0.289. The van der Waals surface area contributed by atoms with Crippen LogP contribution in [0.25, 0.3) is 10.9 Å². The lowest BCUT2D eigenvalue weighted by molar-refractivity contribution is 0.404. The number of para-hydroxylation sites is 1. The van der Waals surface area contributed by atoms with Gasteiger partial charge in [-0.3, -0.25) is 0 Å². The van der Waals surface area contributed by atoms with Crippen molar-refractivity contribution in [3.63, 3.8) is 0 Å². The third-order valence-electron chi connectivity index (χ3n) is 3.75. The van der Waals surface area contributed by atoms with E-state index in [2.05, 4.69) is 34.6 Å². The molecule has 0 bridgehead atoms. The molecule has 1 heterocycles. The summed E-state index contributed by atoms with van der Waals surface area (Å²) in [6.45, 7) is 0. The van der Waals surface area contributed by atoms with E-state index in [1.807, 2.05) is 6.20 Å². The van der Waals surface area contributed by atoms with Gasteiger partial charge < -0.3 is 16.0 Å². The standard InChI is InChI=1S/C14H19N3/c15-11-6-2-4-8-13(11)17-14-9-16-12-7-3-1-5-10(12)14/h1,3,5,7,9,11,13,16-17H,2,4,6,8,15H2. The average Bonchev–Trinajstić information content (AvgIpc) is 2.76. The minimum atomic E-state index is 0.289. The molecule has 2 atom stereocenters. The summed E-state index contributed by atoms with van der Waals surface area (Å²) < 4.78 is 0. The normalized spacial score (nSPS) is 25.0. The first-order chi connectivity index (χ1) is 8.34. The third-order valence-corrected chi connectivity index (χ3v) is 3.75. The van der Waals surface area contributed by atoms with Crippen molar-refractivity contribution in [1.29, 1.82) is 0 Å². The van der Waals surface area contributed by atoms with Gasteiger partial charge in [0.05, 0.1) is 5.69 Å². The number of nitrogens with one attached hydrogen (secondary N) is 2. The predicted molar refractivity (Wildman–Crippen MR) is 72.2 cm³/mol. The van der Waals surface area contributed by atoms with Gasteiger partial charge in [0.15, 0.2) is 0 Å². The number of hydrogen-bond acceptors (Lipinski definition) is 2. The Balaban J connectivity index is 1.84. The van der Waals surface area contributed by atoms with Gasteiger partial charge in [-0.2, -0.15) is 0 Å². The van der Waals surface area contributed by atoms with Crippen LogP contribution in [0.5, 0.6) is 0 Å². The zero-order valence-electron chi connectivity index (χ0n) is 9.95. The number of rotatable bonds is 2. The molecular formula is C14H19N3. The van der Waals surface area contributed by atoms with E-state index in [4.69, 9.17) is 5.73 Å². The molecule has 1 aromatic heterocycles. The maximum absolute atomic E-state index is 6.17. The largest absolute Gasteiger partial charge is 0.379 e. The van der Waals surface area contributed by atoms with Crippen LogP contribution in [-0.2, 0) is 0 Å². The summed E-state index contributed by atoms with van der Waals surface area (Å²) in [6, 6.07) is 9.07. The Morgan fingerprint density at radius 2 is 2.00 bits per heavy atom. The maximum atomic E-state index is 6.17. The molecule has 3 heteroatoms. The Morgan fingerprint density at radius 3 is 2.88 bits per heavy atom. The fourth-order valence-corrected chi connectivity index (χ4v) is 2.73. The summed E-state index contributed by atoms with van der Waals surface area (Å²) in [5, 5.41) is 4.85. The van der Waals surface area contributed by atoms with Gasteiger partial charge in [-0.1, -0.05) is 31.0 Å². The van der Waals surface area contributed by atoms with E-state index in [0.717, 1.165) is 6.42 Å². The summed E-state index contributed by atoms with van der Waals surface area (Å²) >= 11 is 0. The molecule has 90 valence electrons. The average molecular weight is 229 g/mol. The number of aromatic nitrogens is 1. The summed E-state index contributed by atoms with van der Waals surface area (Å²) in [4.78, 5) is 3.29. The fourth-order valence-electron chi connectivity index (χ4n) is 2.73. The second-order valence-electron chi connectivity index (χ2n) is 4.95. The fraction of sp³-hybridized carbons (Fsp3) is 0.429. The van der Waals surface area contributed by atoms with Crippen molar-refractivity contribution in [1.82, 2.24) is 4.98 Å². The Bertz CT molecular complexity index is 503. The molecule has 1 aliphatic carbocycles. The molecule has 1 aliphatic rings. The molecule has 3 rings (SSSR count). The number of nitrogens with two attached hydrogens (primary N) is 1. The first kappa shape index (κ1) is 10.7. The molecular weight excluding hydrogens is 210 g/mol. The Kier molecular flexibility index (Phi) is 2.77. The van der Waals surface area contributed by atoms with Crippen molar-refractivity contribution >= 4 is 16.6 Å². The van der Waals surface area contributed by atoms with E-state index < -0.39 is 0 Å². The summed E-state index contributed by atoms with van der Waals surface area (Å²) in [5.74, 6) is 0. The van der Waals surface area contributed by atoms with E-state index in [0.29, 0.717) is 6.04 Å². The number of benzene rings is 1. The molecule has 1 saturated carbocycles. The van der Waals surface area contributed by atoms with Gasteiger partial charge in [-0.05, 0) is 18.9 Å². The van der Waals surface area contributed by atoms with Crippen LogP contribution in [0.1, 0.15) is 25.7 Å². The van der Waals surface area contributed by atoms with Crippen LogP contribution in [0.2, 0.25) is 0 Å². The van der Waals surface area contributed by atoms with Gasteiger partial charge in [-0.25, -0.2) is 0 Å². The lowest BCUT2D eigenvalue weighted by Crippen LogP contribution is -2.42. The highest BCUT2D eigenvalue weighted by molar-refractivity contribution is 5.92. The highest BCUT2D eigenvalue weighted by Crippen LogP contribution is 2.26. The van der Waals surface area contributed by atoms with Crippen molar-refractivity contribution in [2.45, 2.75) is 37.8 Å². The van der Waals surface area contributed by atoms with Crippen molar-refractivity contribution in [2.24, 2.45) is 5.73 Å². The zero-order chi connectivity index (χ0) is 11.7. The molecule has 0 radical (unpaired) electrons. The van der Waals surface area contributed by atoms with Gasteiger partial charge in [0.2, 0.25) is 0 Å². The van der Waals surface area contributed by atoms with E-state index in [9.17, 15) is 0 Å². The van der Waals surface area contributed by atoms with E-state index >= 15 is 0 Å². The molecule has 0 aliphatic heterocycles. The highest BCUT2D eigenvalue weighted by atomic mass is 15.0. The van der Waals surface area contributed by atoms with E-state index in [-0.39, 0.29) is 6.04 Å². The summed E-state index contributed by atoms with van der Waals surface area (Å²) in [6.07, 6.45) is 6.92. The van der Waals surface area contributed by atoms with Crippen molar-refractivity contribution in [2.75, 3.05) is 5.32 Å². The van der Waals surface area contributed by atoms with E-state index in [1.54, 1.807) is 0 Å². The van der Waals surface area contributed by atoms with Crippen molar-refractivity contribution < 1.29 is 0 Å². The lowest BCUT2D eigenvalue weighted by Gasteiger charge is -2.29. The molecule has 0 saturated heterocycles. The van der Waals surface area contributed by atoms with Gasteiger partial charge >= 0.3 is 0 Å². The second kappa shape index (κ2) is 4.41. The van der Waals surface area contributed by atoms with Crippen molar-refractivity contribution in [3.8, 4) is 0 Å². The smallest absolute Gasteiger partial charge is 0.0600 e. The highest BCUT2D eigenvalue weighted by Gasteiger charge is 2.22. The number of fused-ring (bicyclic) bond motifs is 1. The van der Waals surface area contributed by atoms with Crippen LogP contribution in [0.3, 0.4) is 0 Å². The molecule has 17 heavy (non-hydrogen) atoms. The van der Waals surface area contributed by atoms with Crippen LogP contribution >= 0.6 is 0 Å². The van der Waals surface area contributed by atoms with Crippen LogP contribution in [0.15, 0.2) is 30.5 Å². The monoisotopic (exact) mass is 229 g/mol. The molecule has 3 nitrogen and oxygen atoms in total. The quantitative estimate of drug-likeness (QED) is 0.741. The van der Waals surface area contributed by atoms with Crippen molar-refractivity contribution in [3.05, 3.63) is 30.5 Å². The van der Waals surface area contributed by atoms with Gasteiger partial charge in [0, 0.05) is 29.2 Å². The van der Waals surface area contributed by atoms with Gasteiger partial charge in [-0.15, -0.1) is 0 Å². The molecule has 2 aromatic rings. The first-order valence-corrected chi connectivity index (χ1v) is 6.43. The minimum Gasteiger partial charge on any atom is -0.379 e. The Labute approximate surface area is 101 Å². The first-order valence-electron chi connectivity index (χ1n) is 6.43. The molecule has 1 fully saturated rings. The van der Waals surface area contributed by atoms with Crippen LogP contribution in [0.4, 0.5) is 5.69 Å². The molecule has 1 aromatic carbocycles. The third kappa shape index (κ3) is 2.03. The summed E-state index contributed by atoms with van der Waals surface area (Å²) in [5.41, 5.74) is 8.53. The molecule has 0 amide bonds. The van der Waals surface area contributed by atoms with Gasteiger partial charge in [0.1, 0.15) is 0 Å². The number of H-pyrrole nitrogens is 1. The zero-order valence-corrected chi connectivity index (χ0v) is 9.95. The van der Waals surface area contributed by atoms with Gasteiger partial charge in [0.25, 0.3) is 0 Å². The number of anilines is 1. The molecule has 0 spiro atoms. The SMILES string of the molecule is NC1CCCCC1Nc1c[nH]c2ccccc12. The maximum Gasteiger partial charge on any atom is 0.0600 e. The van der Waals surface area contributed by atoms with E-state index in [1.165, 1.54) is 35.9 Å². The molecule has 4 N–H and O–H groups in total. The predicted octanol–water partition coefficient (Wildman–Crippen LogP) is 2.85. The Hall–Kier alpha value is -1.48. The van der Waals surface area contributed by atoms with Crippen LogP contribution in [0, 0.1) is 0 Å². The number of aromatic amines is 1.